The molecule has 0 saturated carbocycles. The highest BCUT2D eigenvalue weighted by atomic mass is 32.2. The Bertz CT molecular complexity index is 381. The SMILES string of the molecule is CNCCn1nnnc1SCC1CCC(C)(C)O1. The van der Waals surface area contributed by atoms with E-state index in [9.17, 15) is 0 Å². The van der Waals surface area contributed by atoms with Gasteiger partial charge in [-0.25, -0.2) is 4.68 Å². The van der Waals surface area contributed by atoms with Gasteiger partial charge in [0, 0.05) is 12.3 Å². The van der Waals surface area contributed by atoms with E-state index in [1.54, 1.807) is 11.8 Å². The normalized spacial score (nSPS) is 22.5. The zero-order valence-electron chi connectivity index (χ0n) is 11.2. The van der Waals surface area contributed by atoms with Gasteiger partial charge in [-0.2, -0.15) is 0 Å². The van der Waals surface area contributed by atoms with E-state index in [4.69, 9.17) is 4.74 Å². The monoisotopic (exact) mass is 271 g/mol. The van der Waals surface area contributed by atoms with Crippen LogP contribution in [0.15, 0.2) is 5.16 Å². The third kappa shape index (κ3) is 3.66. The van der Waals surface area contributed by atoms with Gasteiger partial charge < -0.3 is 10.1 Å². The first kappa shape index (κ1) is 13.8. The lowest BCUT2D eigenvalue weighted by atomic mass is 10.1. The summed E-state index contributed by atoms with van der Waals surface area (Å²) in [6, 6.07) is 0. The largest absolute Gasteiger partial charge is 0.371 e. The first-order chi connectivity index (χ1) is 8.61. The first-order valence-corrected chi connectivity index (χ1v) is 7.31. The Hall–Kier alpha value is -0.660. The molecular formula is C11H21N5OS. The highest BCUT2D eigenvalue weighted by molar-refractivity contribution is 7.99. The summed E-state index contributed by atoms with van der Waals surface area (Å²) in [7, 11) is 1.92. The second-order valence-corrected chi connectivity index (χ2v) is 6.12. The Labute approximate surface area is 112 Å². The van der Waals surface area contributed by atoms with Crippen molar-refractivity contribution in [2.75, 3.05) is 19.3 Å². The lowest BCUT2D eigenvalue weighted by molar-refractivity contribution is -0.00469. The average Bonchev–Trinajstić information content (AvgIpc) is 2.90. The molecule has 102 valence electrons. The van der Waals surface area contributed by atoms with Gasteiger partial charge in [0.25, 0.3) is 0 Å². The van der Waals surface area contributed by atoms with Crippen molar-refractivity contribution in [3.05, 3.63) is 0 Å². The molecule has 7 heteroatoms. The van der Waals surface area contributed by atoms with E-state index in [2.05, 4.69) is 34.7 Å². The molecule has 6 nitrogen and oxygen atoms in total. The second kappa shape index (κ2) is 5.99. The van der Waals surface area contributed by atoms with Crippen LogP contribution in [0, 0.1) is 0 Å². The van der Waals surface area contributed by atoms with Gasteiger partial charge in [0.2, 0.25) is 5.16 Å². The number of hydrogen-bond donors (Lipinski definition) is 1. The minimum Gasteiger partial charge on any atom is -0.371 e. The third-order valence-corrected chi connectivity index (χ3v) is 4.11. The van der Waals surface area contributed by atoms with Crippen LogP contribution in [0.25, 0.3) is 0 Å². The summed E-state index contributed by atoms with van der Waals surface area (Å²) in [6.45, 7) is 5.96. The molecule has 1 aromatic heterocycles. The van der Waals surface area contributed by atoms with E-state index in [1.165, 1.54) is 0 Å². The van der Waals surface area contributed by atoms with Crippen molar-refractivity contribution in [3.8, 4) is 0 Å². The minimum atomic E-state index is 0.0310. The smallest absolute Gasteiger partial charge is 0.209 e. The van der Waals surface area contributed by atoms with Crippen molar-refractivity contribution < 1.29 is 4.74 Å². The van der Waals surface area contributed by atoms with Gasteiger partial charge in [0.05, 0.1) is 18.2 Å². The van der Waals surface area contributed by atoms with Crippen LogP contribution in [0.1, 0.15) is 26.7 Å². The third-order valence-electron chi connectivity index (χ3n) is 3.03. The summed E-state index contributed by atoms with van der Waals surface area (Å²) < 4.78 is 7.79. The Morgan fingerprint density at radius 2 is 2.39 bits per heavy atom. The quantitative estimate of drug-likeness (QED) is 0.777. The number of likely N-dealkylation sites (N-methyl/N-ethyl adjacent to an activating group) is 1. The summed E-state index contributed by atoms with van der Waals surface area (Å²) in [5, 5.41) is 15.7. The predicted octanol–water partition coefficient (Wildman–Crippen LogP) is 0.942. The Kier molecular flexibility index (Phi) is 4.58. The molecule has 1 atom stereocenters. The number of rotatable bonds is 6. The van der Waals surface area contributed by atoms with Gasteiger partial charge in [-0.15, -0.1) is 5.10 Å². The Morgan fingerprint density at radius 1 is 1.56 bits per heavy atom. The summed E-state index contributed by atoms with van der Waals surface area (Å²) in [5.41, 5.74) is 0.0310. The lowest BCUT2D eigenvalue weighted by Crippen LogP contribution is -2.21. The number of aromatic nitrogens is 4. The molecule has 0 bridgehead atoms. The first-order valence-electron chi connectivity index (χ1n) is 6.32. The number of tetrazole rings is 1. The molecule has 0 aromatic carbocycles. The molecule has 18 heavy (non-hydrogen) atoms. The zero-order chi connectivity index (χ0) is 13.0. The van der Waals surface area contributed by atoms with Crippen LogP contribution in [0.2, 0.25) is 0 Å². The number of ether oxygens (including phenoxy) is 1. The van der Waals surface area contributed by atoms with Crippen molar-refractivity contribution in [2.45, 2.75) is 50.1 Å². The van der Waals surface area contributed by atoms with Crippen LogP contribution in [0.5, 0.6) is 0 Å². The van der Waals surface area contributed by atoms with E-state index in [0.29, 0.717) is 6.10 Å². The molecule has 2 heterocycles. The van der Waals surface area contributed by atoms with Gasteiger partial charge in [0.15, 0.2) is 0 Å². The van der Waals surface area contributed by atoms with Crippen LogP contribution in [0.3, 0.4) is 0 Å². The van der Waals surface area contributed by atoms with E-state index in [-0.39, 0.29) is 5.60 Å². The molecule has 2 rings (SSSR count). The van der Waals surface area contributed by atoms with Crippen molar-refractivity contribution in [2.24, 2.45) is 0 Å². The minimum absolute atomic E-state index is 0.0310. The lowest BCUT2D eigenvalue weighted by Gasteiger charge is -2.18. The van der Waals surface area contributed by atoms with Gasteiger partial charge in [0.1, 0.15) is 0 Å². The Balaban J connectivity index is 1.81. The molecule has 0 aliphatic carbocycles. The average molecular weight is 271 g/mol. The van der Waals surface area contributed by atoms with E-state index in [1.807, 2.05) is 11.7 Å². The fourth-order valence-corrected chi connectivity index (χ4v) is 2.96. The maximum Gasteiger partial charge on any atom is 0.209 e. The molecule has 1 aromatic rings. The molecule has 0 radical (unpaired) electrons. The molecule has 0 spiro atoms. The number of nitrogens with zero attached hydrogens (tertiary/aromatic N) is 4. The van der Waals surface area contributed by atoms with Crippen LogP contribution in [-0.4, -0.2) is 51.3 Å². The number of thioether (sulfide) groups is 1. The standard InChI is InChI=1S/C11H21N5OS/c1-11(2)5-4-9(17-11)8-18-10-13-14-15-16(10)7-6-12-3/h9,12H,4-8H2,1-3H3. The summed E-state index contributed by atoms with van der Waals surface area (Å²) >= 11 is 1.68. The maximum absolute atomic E-state index is 5.96. The van der Waals surface area contributed by atoms with Crippen LogP contribution >= 0.6 is 11.8 Å². The van der Waals surface area contributed by atoms with E-state index < -0.39 is 0 Å². The molecule has 1 aliphatic heterocycles. The molecule has 1 unspecified atom stereocenters. The molecule has 1 aliphatic rings. The van der Waals surface area contributed by atoms with Gasteiger partial charge in [-0.3, -0.25) is 0 Å². The zero-order valence-corrected chi connectivity index (χ0v) is 12.0. The van der Waals surface area contributed by atoms with Crippen LogP contribution in [0.4, 0.5) is 0 Å². The highest BCUT2D eigenvalue weighted by Gasteiger charge is 2.31. The molecule has 0 amide bonds. The maximum atomic E-state index is 5.96. The van der Waals surface area contributed by atoms with Crippen molar-refractivity contribution >= 4 is 11.8 Å². The van der Waals surface area contributed by atoms with Crippen molar-refractivity contribution in [1.29, 1.82) is 0 Å². The molecular weight excluding hydrogens is 250 g/mol. The number of hydrogen-bond acceptors (Lipinski definition) is 6. The molecule has 1 saturated heterocycles. The van der Waals surface area contributed by atoms with Crippen LogP contribution < -0.4 is 5.32 Å². The van der Waals surface area contributed by atoms with Gasteiger partial charge in [-0.05, 0) is 44.2 Å². The topological polar surface area (TPSA) is 64.9 Å². The number of nitrogens with one attached hydrogen (secondary N) is 1. The second-order valence-electron chi connectivity index (χ2n) is 5.14. The van der Waals surface area contributed by atoms with E-state index >= 15 is 0 Å². The van der Waals surface area contributed by atoms with E-state index in [0.717, 1.165) is 36.8 Å². The van der Waals surface area contributed by atoms with Crippen LogP contribution in [-0.2, 0) is 11.3 Å². The fourth-order valence-electron chi connectivity index (χ4n) is 2.02. The summed E-state index contributed by atoms with van der Waals surface area (Å²) in [4.78, 5) is 0. The predicted molar refractivity (Wildman–Crippen MR) is 70.7 cm³/mol. The van der Waals surface area contributed by atoms with Gasteiger partial charge in [-0.1, -0.05) is 11.8 Å². The Morgan fingerprint density at radius 3 is 3.06 bits per heavy atom. The summed E-state index contributed by atoms with van der Waals surface area (Å²) in [5.74, 6) is 0.920. The molecule has 1 fully saturated rings. The summed E-state index contributed by atoms with van der Waals surface area (Å²) in [6.07, 6.45) is 2.57. The molecule has 1 N–H and O–H groups in total. The van der Waals surface area contributed by atoms with Gasteiger partial charge >= 0.3 is 0 Å². The van der Waals surface area contributed by atoms with Crippen molar-refractivity contribution in [1.82, 2.24) is 25.5 Å². The highest BCUT2D eigenvalue weighted by Crippen LogP contribution is 2.32. The van der Waals surface area contributed by atoms with Crippen molar-refractivity contribution in [3.63, 3.8) is 0 Å². The fraction of sp³-hybridized carbons (Fsp3) is 0.909.